The van der Waals surface area contributed by atoms with Crippen molar-refractivity contribution >= 4 is 17.2 Å². The second kappa shape index (κ2) is 6.78. The first-order chi connectivity index (χ1) is 10.3. The average molecular weight is 302 g/mol. The van der Waals surface area contributed by atoms with Crippen LogP contribution in [0.15, 0.2) is 29.9 Å². The summed E-state index contributed by atoms with van der Waals surface area (Å²) in [6, 6.07) is 3.88. The number of thiazole rings is 1. The maximum Gasteiger partial charge on any atom is 0.228 e. The first-order valence-corrected chi connectivity index (χ1v) is 8.04. The van der Waals surface area contributed by atoms with Crippen LogP contribution in [0.5, 0.6) is 0 Å². The van der Waals surface area contributed by atoms with E-state index in [4.69, 9.17) is 0 Å². The average Bonchev–Trinajstić information content (AvgIpc) is 2.81. The first kappa shape index (κ1) is 14.2. The molecule has 1 aliphatic rings. The van der Waals surface area contributed by atoms with Crippen molar-refractivity contribution in [1.29, 1.82) is 0 Å². The summed E-state index contributed by atoms with van der Waals surface area (Å²) in [5.41, 5.74) is 1.85. The molecule has 110 valence electrons. The molecule has 2 aromatic rings. The van der Waals surface area contributed by atoms with Gasteiger partial charge in [0, 0.05) is 43.0 Å². The summed E-state index contributed by atoms with van der Waals surface area (Å²) in [6.45, 7) is 3.50. The van der Waals surface area contributed by atoms with E-state index in [9.17, 15) is 4.79 Å². The van der Waals surface area contributed by atoms with Gasteiger partial charge in [-0.05, 0) is 25.1 Å². The van der Waals surface area contributed by atoms with Crippen LogP contribution in [-0.4, -0.2) is 47.0 Å². The zero-order chi connectivity index (χ0) is 14.5. The van der Waals surface area contributed by atoms with Crippen molar-refractivity contribution in [3.63, 3.8) is 0 Å². The molecule has 3 heterocycles. The lowest BCUT2D eigenvalue weighted by Gasteiger charge is -2.19. The number of aromatic nitrogens is 2. The summed E-state index contributed by atoms with van der Waals surface area (Å²) in [6.07, 6.45) is 4.94. The van der Waals surface area contributed by atoms with E-state index in [0.29, 0.717) is 6.42 Å². The van der Waals surface area contributed by atoms with Crippen LogP contribution in [-0.2, 0) is 11.2 Å². The lowest BCUT2D eigenvalue weighted by molar-refractivity contribution is -0.130. The Morgan fingerprint density at radius 2 is 2.33 bits per heavy atom. The highest BCUT2D eigenvalue weighted by atomic mass is 32.1. The molecule has 0 atom stereocenters. The molecule has 21 heavy (non-hydrogen) atoms. The molecule has 1 aliphatic heterocycles. The Balaban J connectivity index is 1.65. The number of carbonyl (C=O) groups is 1. The smallest absolute Gasteiger partial charge is 0.228 e. The molecule has 0 aliphatic carbocycles. The Hall–Kier alpha value is -1.79. The van der Waals surface area contributed by atoms with Crippen LogP contribution in [0.2, 0.25) is 0 Å². The van der Waals surface area contributed by atoms with Crippen molar-refractivity contribution in [3.05, 3.63) is 35.6 Å². The van der Waals surface area contributed by atoms with Crippen molar-refractivity contribution in [2.45, 2.75) is 12.8 Å². The third kappa shape index (κ3) is 3.65. The van der Waals surface area contributed by atoms with E-state index in [1.54, 1.807) is 23.7 Å². The van der Waals surface area contributed by atoms with Gasteiger partial charge >= 0.3 is 0 Å². The lowest BCUT2D eigenvalue weighted by Crippen LogP contribution is -2.35. The Bertz CT molecular complexity index is 591. The predicted octanol–water partition coefficient (Wildman–Crippen LogP) is 1.57. The predicted molar refractivity (Wildman–Crippen MR) is 83.1 cm³/mol. The van der Waals surface area contributed by atoms with Crippen LogP contribution in [0.1, 0.15) is 12.1 Å². The molecule has 5 nitrogen and oxygen atoms in total. The molecule has 0 spiro atoms. The Morgan fingerprint density at radius 3 is 3.19 bits per heavy atom. The summed E-state index contributed by atoms with van der Waals surface area (Å²) in [7, 11) is 0. The summed E-state index contributed by atoms with van der Waals surface area (Å²) < 4.78 is 0. The summed E-state index contributed by atoms with van der Waals surface area (Å²) in [4.78, 5) is 22.9. The summed E-state index contributed by atoms with van der Waals surface area (Å²) in [5, 5.41) is 6.20. The second-order valence-corrected chi connectivity index (χ2v) is 5.90. The quantitative estimate of drug-likeness (QED) is 0.935. The molecule has 0 unspecified atom stereocenters. The van der Waals surface area contributed by atoms with E-state index >= 15 is 0 Å². The summed E-state index contributed by atoms with van der Waals surface area (Å²) >= 11 is 1.56. The van der Waals surface area contributed by atoms with Gasteiger partial charge < -0.3 is 10.2 Å². The lowest BCUT2D eigenvalue weighted by atomic mass is 10.2. The number of nitrogens with zero attached hydrogens (tertiary/aromatic N) is 3. The number of nitrogens with one attached hydrogen (secondary N) is 1. The number of amides is 1. The highest BCUT2D eigenvalue weighted by Crippen LogP contribution is 2.23. The molecule has 1 amide bonds. The number of rotatable bonds is 3. The maximum absolute atomic E-state index is 12.3. The van der Waals surface area contributed by atoms with Crippen LogP contribution in [0.3, 0.4) is 0 Å². The topological polar surface area (TPSA) is 58.1 Å². The summed E-state index contributed by atoms with van der Waals surface area (Å²) in [5.74, 6) is 0.168. The minimum absolute atomic E-state index is 0.168. The van der Waals surface area contributed by atoms with Gasteiger partial charge in [-0.25, -0.2) is 4.98 Å². The van der Waals surface area contributed by atoms with Gasteiger partial charge in [-0.3, -0.25) is 9.78 Å². The molecule has 1 saturated heterocycles. The normalized spacial score (nSPS) is 15.7. The zero-order valence-corrected chi connectivity index (χ0v) is 12.6. The highest BCUT2D eigenvalue weighted by molar-refractivity contribution is 7.13. The second-order valence-electron chi connectivity index (χ2n) is 5.05. The molecule has 2 aromatic heterocycles. The third-order valence-corrected chi connectivity index (χ3v) is 4.43. The van der Waals surface area contributed by atoms with E-state index in [1.807, 2.05) is 22.4 Å². The van der Waals surface area contributed by atoms with Crippen LogP contribution < -0.4 is 5.32 Å². The Morgan fingerprint density at radius 1 is 1.38 bits per heavy atom. The van der Waals surface area contributed by atoms with E-state index in [1.165, 1.54) is 0 Å². The largest absolute Gasteiger partial charge is 0.341 e. The van der Waals surface area contributed by atoms with Crippen LogP contribution in [0.25, 0.3) is 10.6 Å². The Labute approximate surface area is 128 Å². The van der Waals surface area contributed by atoms with E-state index < -0.39 is 0 Å². The van der Waals surface area contributed by atoms with Gasteiger partial charge in [0.2, 0.25) is 5.91 Å². The molecule has 0 bridgehead atoms. The fourth-order valence-electron chi connectivity index (χ4n) is 2.37. The maximum atomic E-state index is 12.3. The van der Waals surface area contributed by atoms with E-state index in [2.05, 4.69) is 15.3 Å². The van der Waals surface area contributed by atoms with Crippen molar-refractivity contribution in [2.24, 2.45) is 0 Å². The minimum Gasteiger partial charge on any atom is -0.341 e. The van der Waals surface area contributed by atoms with Gasteiger partial charge in [0.05, 0.1) is 12.1 Å². The van der Waals surface area contributed by atoms with Gasteiger partial charge in [0.15, 0.2) is 0 Å². The van der Waals surface area contributed by atoms with Crippen molar-refractivity contribution in [2.75, 3.05) is 26.2 Å². The SMILES string of the molecule is O=C(Cc1csc(-c2cccnc2)n1)N1CCCNCC1. The van der Waals surface area contributed by atoms with Gasteiger partial charge in [-0.15, -0.1) is 11.3 Å². The molecular weight excluding hydrogens is 284 g/mol. The van der Waals surface area contributed by atoms with Gasteiger partial charge in [-0.1, -0.05) is 0 Å². The van der Waals surface area contributed by atoms with Crippen molar-refractivity contribution < 1.29 is 4.79 Å². The number of carbonyl (C=O) groups excluding carboxylic acids is 1. The standard InChI is InChI=1S/C15H18N4OS/c20-14(19-7-2-5-16-6-8-19)9-13-11-21-15(18-13)12-3-1-4-17-10-12/h1,3-4,10-11,16H,2,5-9H2. The Kier molecular flexibility index (Phi) is 4.57. The molecule has 1 N–H and O–H groups in total. The number of hydrogen-bond donors (Lipinski definition) is 1. The van der Waals surface area contributed by atoms with Crippen molar-refractivity contribution in [1.82, 2.24) is 20.2 Å². The van der Waals surface area contributed by atoms with Gasteiger partial charge in [0.25, 0.3) is 0 Å². The van der Waals surface area contributed by atoms with Crippen LogP contribution in [0.4, 0.5) is 0 Å². The monoisotopic (exact) mass is 302 g/mol. The molecule has 3 rings (SSSR count). The molecule has 0 aromatic carbocycles. The zero-order valence-electron chi connectivity index (χ0n) is 11.8. The highest BCUT2D eigenvalue weighted by Gasteiger charge is 2.17. The van der Waals surface area contributed by atoms with Crippen LogP contribution in [0, 0.1) is 0 Å². The van der Waals surface area contributed by atoms with Gasteiger partial charge in [-0.2, -0.15) is 0 Å². The molecular formula is C15H18N4OS. The van der Waals surface area contributed by atoms with Crippen LogP contribution >= 0.6 is 11.3 Å². The fourth-order valence-corrected chi connectivity index (χ4v) is 3.18. The number of pyridine rings is 1. The van der Waals surface area contributed by atoms with E-state index in [0.717, 1.165) is 48.9 Å². The molecule has 0 radical (unpaired) electrons. The molecule has 1 fully saturated rings. The van der Waals surface area contributed by atoms with E-state index in [-0.39, 0.29) is 5.91 Å². The fraction of sp³-hybridized carbons (Fsp3) is 0.400. The van der Waals surface area contributed by atoms with Crippen molar-refractivity contribution in [3.8, 4) is 10.6 Å². The van der Waals surface area contributed by atoms with Gasteiger partial charge in [0.1, 0.15) is 5.01 Å². The minimum atomic E-state index is 0.168. The third-order valence-electron chi connectivity index (χ3n) is 3.49. The number of hydrogen-bond acceptors (Lipinski definition) is 5. The molecule has 6 heteroatoms. The molecule has 0 saturated carbocycles. The first-order valence-electron chi connectivity index (χ1n) is 7.16.